The molecule has 2 amide bonds. The Hall–Kier alpha value is -1.30. The maximum Gasteiger partial charge on any atom is 0.410 e. The summed E-state index contributed by atoms with van der Waals surface area (Å²) in [7, 11) is 0. The van der Waals surface area contributed by atoms with Crippen LogP contribution in [0.15, 0.2) is 0 Å². The highest BCUT2D eigenvalue weighted by Gasteiger charge is 2.42. The topological polar surface area (TPSA) is 70.7 Å². The summed E-state index contributed by atoms with van der Waals surface area (Å²) >= 11 is 0. The van der Waals surface area contributed by atoms with Crippen molar-refractivity contribution in [3.05, 3.63) is 0 Å². The first-order valence-corrected chi connectivity index (χ1v) is 6.79. The molecular weight excluding hydrogens is 246 g/mol. The zero-order valence-electron chi connectivity index (χ0n) is 11.9. The number of nitrogens with zero attached hydrogens (tertiary/aromatic N) is 1. The summed E-state index contributed by atoms with van der Waals surface area (Å²) in [5.41, 5.74) is -0.765. The van der Waals surface area contributed by atoms with Crippen molar-refractivity contribution in [2.24, 2.45) is 0 Å². The van der Waals surface area contributed by atoms with Crippen molar-refractivity contribution in [2.75, 3.05) is 26.2 Å². The first-order valence-electron chi connectivity index (χ1n) is 6.79. The second-order valence-corrected chi connectivity index (χ2v) is 6.41. The molecule has 1 unspecified atom stereocenters. The van der Waals surface area contributed by atoms with Gasteiger partial charge in [0.05, 0.1) is 12.1 Å². The summed E-state index contributed by atoms with van der Waals surface area (Å²) in [4.78, 5) is 25.4. The fourth-order valence-electron chi connectivity index (χ4n) is 2.59. The fraction of sp³-hybridized carbons (Fsp3) is 0.846. The van der Waals surface area contributed by atoms with E-state index in [-0.39, 0.29) is 17.5 Å². The highest BCUT2D eigenvalue weighted by atomic mass is 16.6. The lowest BCUT2D eigenvalue weighted by molar-refractivity contribution is -0.121. The number of carbonyl (C=O) groups is 2. The van der Waals surface area contributed by atoms with Gasteiger partial charge in [-0.2, -0.15) is 0 Å². The third-order valence-corrected chi connectivity index (χ3v) is 3.48. The summed E-state index contributed by atoms with van der Waals surface area (Å²) in [6, 6.07) is 0. The average molecular weight is 269 g/mol. The molecule has 0 aromatic carbocycles. The van der Waals surface area contributed by atoms with E-state index >= 15 is 0 Å². The molecule has 1 atom stereocenters. The molecule has 6 heteroatoms. The van der Waals surface area contributed by atoms with Gasteiger partial charge in [0, 0.05) is 13.1 Å². The summed E-state index contributed by atoms with van der Waals surface area (Å²) < 4.78 is 5.37. The van der Waals surface area contributed by atoms with Crippen LogP contribution < -0.4 is 10.6 Å². The Bertz CT molecular complexity index is 378. The van der Waals surface area contributed by atoms with Crippen molar-refractivity contribution < 1.29 is 14.3 Å². The van der Waals surface area contributed by atoms with Crippen LogP contribution in [0.3, 0.4) is 0 Å². The third kappa shape index (κ3) is 3.59. The molecule has 1 spiro atoms. The molecule has 19 heavy (non-hydrogen) atoms. The van der Waals surface area contributed by atoms with E-state index in [0.717, 1.165) is 19.4 Å². The van der Waals surface area contributed by atoms with Gasteiger partial charge in [0.2, 0.25) is 5.91 Å². The van der Waals surface area contributed by atoms with Crippen LogP contribution in [0.5, 0.6) is 0 Å². The first kappa shape index (κ1) is 14.1. The van der Waals surface area contributed by atoms with E-state index in [0.29, 0.717) is 19.6 Å². The van der Waals surface area contributed by atoms with E-state index < -0.39 is 5.60 Å². The zero-order chi connectivity index (χ0) is 14.1. The largest absolute Gasteiger partial charge is 0.444 e. The second kappa shape index (κ2) is 5.00. The van der Waals surface area contributed by atoms with Gasteiger partial charge in [-0.1, -0.05) is 0 Å². The molecule has 0 aromatic rings. The van der Waals surface area contributed by atoms with Gasteiger partial charge in [-0.25, -0.2) is 4.79 Å². The van der Waals surface area contributed by atoms with Crippen LogP contribution in [0.25, 0.3) is 0 Å². The highest BCUT2D eigenvalue weighted by Crippen LogP contribution is 2.26. The van der Waals surface area contributed by atoms with Gasteiger partial charge in [-0.3, -0.25) is 4.79 Å². The number of rotatable bonds is 0. The summed E-state index contributed by atoms with van der Waals surface area (Å²) in [5, 5.41) is 6.13. The van der Waals surface area contributed by atoms with Crippen LogP contribution in [-0.4, -0.2) is 54.2 Å². The molecule has 2 N–H and O–H groups in total. The first-order chi connectivity index (χ1) is 8.80. The van der Waals surface area contributed by atoms with E-state index in [1.165, 1.54) is 0 Å². The van der Waals surface area contributed by atoms with Crippen LogP contribution >= 0.6 is 0 Å². The van der Waals surface area contributed by atoms with Crippen molar-refractivity contribution >= 4 is 12.0 Å². The van der Waals surface area contributed by atoms with E-state index in [1.807, 2.05) is 20.8 Å². The Morgan fingerprint density at radius 1 is 1.37 bits per heavy atom. The summed E-state index contributed by atoms with van der Waals surface area (Å²) in [6.07, 6.45) is 1.34. The Morgan fingerprint density at radius 3 is 2.79 bits per heavy atom. The van der Waals surface area contributed by atoms with Crippen molar-refractivity contribution in [3.63, 3.8) is 0 Å². The molecular formula is C13H23N3O3. The third-order valence-electron chi connectivity index (χ3n) is 3.48. The lowest BCUT2D eigenvalue weighted by atomic mass is 9.94. The molecule has 2 heterocycles. The van der Waals surface area contributed by atoms with E-state index in [1.54, 1.807) is 4.90 Å². The normalized spacial score (nSPS) is 28.2. The van der Waals surface area contributed by atoms with Gasteiger partial charge < -0.3 is 20.3 Å². The lowest BCUT2D eigenvalue weighted by Crippen LogP contribution is -2.51. The minimum atomic E-state index is -0.485. The number of hydrogen-bond acceptors (Lipinski definition) is 4. The number of ether oxygens (including phenoxy) is 1. The van der Waals surface area contributed by atoms with Gasteiger partial charge >= 0.3 is 6.09 Å². The highest BCUT2D eigenvalue weighted by molar-refractivity contribution is 5.79. The molecule has 0 bridgehead atoms. The molecule has 108 valence electrons. The van der Waals surface area contributed by atoms with E-state index in [9.17, 15) is 9.59 Å². The SMILES string of the molecule is CC(C)(C)OC(=O)N1CCC2(CCNCC(=O)N2)C1. The van der Waals surface area contributed by atoms with Gasteiger partial charge in [-0.15, -0.1) is 0 Å². The van der Waals surface area contributed by atoms with Crippen LogP contribution in [-0.2, 0) is 9.53 Å². The Labute approximate surface area is 113 Å². The molecule has 0 aromatic heterocycles. The van der Waals surface area contributed by atoms with E-state index in [2.05, 4.69) is 10.6 Å². The van der Waals surface area contributed by atoms with Gasteiger partial charge in [0.15, 0.2) is 0 Å². The number of carbonyl (C=O) groups excluding carboxylic acids is 2. The maximum atomic E-state index is 12.0. The number of amides is 2. The molecule has 2 aliphatic heterocycles. The predicted octanol–water partition coefficient (Wildman–Crippen LogP) is 0.476. The van der Waals surface area contributed by atoms with Gasteiger partial charge in [0.25, 0.3) is 0 Å². The maximum absolute atomic E-state index is 12.0. The van der Waals surface area contributed by atoms with Gasteiger partial charge in [0.1, 0.15) is 5.60 Å². The smallest absolute Gasteiger partial charge is 0.410 e. The molecule has 2 rings (SSSR count). The van der Waals surface area contributed by atoms with Crippen LogP contribution in [0, 0.1) is 0 Å². The van der Waals surface area contributed by atoms with Crippen molar-refractivity contribution in [1.29, 1.82) is 0 Å². The Kier molecular flexibility index (Phi) is 3.71. The fourth-order valence-corrected chi connectivity index (χ4v) is 2.59. The lowest BCUT2D eigenvalue weighted by Gasteiger charge is -2.29. The number of hydrogen-bond donors (Lipinski definition) is 2. The van der Waals surface area contributed by atoms with E-state index in [4.69, 9.17) is 4.74 Å². The quantitative estimate of drug-likeness (QED) is 0.671. The molecule has 2 saturated heterocycles. The average Bonchev–Trinajstić information content (AvgIpc) is 2.57. The molecule has 2 fully saturated rings. The van der Waals surface area contributed by atoms with Crippen LogP contribution in [0.2, 0.25) is 0 Å². The summed E-state index contributed by atoms with van der Waals surface area (Å²) in [5.74, 6) is 0.00328. The molecule has 6 nitrogen and oxygen atoms in total. The number of nitrogens with one attached hydrogen (secondary N) is 2. The van der Waals surface area contributed by atoms with Crippen molar-refractivity contribution in [1.82, 2.24) is 15.5 Å². The predicted molar refractivity (Wildman–Crippen MR) is 70.8 cm³/mol. The minimum Gasteiger partial charge on any atom is -0.444 e. The minimum absolute atomic E-state index is 0.00328. The Balaban J connectivity index is 1.98. The molecule has 0 radical (unpaired) electrons. The van der Waals surface area contributed by atoms with Gasteiger partial charge in [-0.05, 0) is 40.2 Å². The number of likely N-dealkylation sites (tertiary alicyclic amines) is 1. The molecule has 2 aliphatic rings. The molecule has 0 saturated carbocycles. The molecule has 0 aliphatic carbocycles. The van der Waals surface area contributed by atoms with Crippen LogP contribution in [0.4, 0.5) is 4.79 Å². The van der Waals surface area contributed by atoms with Crippen LogP contribution in [0.1, 0.15) is 33.6 Å². The standard InChI is InChI=1S/C13H23N3O3/c1-12(2,3)19-11(18)16-7-5-13(9-16)4-6-14-8-10(17)15-13/h14H,4-9H2,1-3H3,(H,15,17). The summed E-state index contributed by atoms with van der Waals surface area (Å²) in [6.45, 7) is 7.88. The zero-order valence-corrected chi connectivity index (χ0v) is 11.9. The Morgan fingerprint density at radius 2 is 2.11 bits per heavy atom. The van der Waals surface area contributed by atoms with Crippen molar-refractivity contribution in [3.8, 4) is 0 Å². The second-order valence-electron chi connectivity index (χ2n) is 6.41. The monoisotopic (exact) mass is 269 g/mol. The van der Waals surface area contributed by atoms with Crippen molar-refractivity contribution in [2.45, 2.75) is 44.8 Å².